The molecule has 34 heavy (non-hydrogen) atoms. The Bertz CT molecular complexity index is 871. The van der Waals surface area contributed by atoms with Gasteiger partial charge in [0.25, 0.3) is 0 Å². The summed E-state index contributed by atoms with van der Waals surface area (Å²) in [7, 11) is 0.984. The van der Waals surface area contributed by atoms with Gasteiger partial charge in [-0.2, -0.15) is 13.2 Å². The van der Waals surface area contributed by atoms with Gasteiger partial charge in [0.15, 0.2) is 5.78 Å². The Balaban J connectivity index is 0. The highest BCUT2D eigenvalue weighted by Crippen LogP contribution is 2.34. The zero-order valence-electron chi connectivity index (χ0n) is 21.1. The maximum absolute atomic E-state index is 13.2. The van der Waals surface area contributed by atoms with Crippen LogP contribution < -0.4 is 0 Å². The van der Waals surface area contributed by atoms with Crippen molar-refractivity contribution >= 4 is 41.3 Å². The number of ketones is 1. The molecule has 194 valence electrons. The first-order valence-electron chi connectivity index (χ1n) is 10.6. The van der Waals surface area contributed by atoms with Crippen LogP contribution in [0.4, 0.5) is 17.6 Å². The highest BCUT2D eigenvalue weighted by atomic mass is 35.5. The van der Waals surface area contributed by atoms with Gasteiger partial charge in [0.05, 0.1) is 10.3 Å². The summed E-state index contributed by atoms with van der Waals surface area (Å²) in [4.78, 5) is 33.9. The van der Waals surface area contributed by atoms with Crippen LogP contribution in [-0.4, -0.2) is 41.4 Å². The Kier molecular flexibility index (Phi) is 16.1. The fourth-order valence-electron chi connectivity index (χ4n) is 2.46. The summed E-state index contributed by atoms with van der Waals surface area (Å²) in [5.41, 5.74) is -1.13. The molecular formula is C24H34ClF4NO3S. The third-order valence-corrected chi connectivity index (χ3v) is 5.93. The predicted molar refractivity (Wildman–Crippen MR) is 131 cm³/mol. The fourth-order valence-corrected chi connectivity index (χ4v) is 4.02. The quantitative estimate of drug-likeness (QED) is 0.160. The molecule has 0 bridgehead atoms. The molecule has 4 nitrogen and oxygen atoms in total. The summed E-state index contributed by atoms with van der Waals surface area (Å²) in [5, 5.41) is 0.242. The number of amides is 1. The third-order valence-electron chi connectivity index (χ3n) is 4.31. The molecule has 1 rings (SSSR count). The number of nitrogens with zero attached hydrogens (tertiary/aromatic N) is 1. The number of hydrogen-bond acceptors (Lipinski definition) is 4. The molecule has 0 aliphatic heterocycles. The van der Waals surface area contributed by atoms with E-state index in [1.54, 1.807) is 13.0 Å². The van der Waals surface area contributed by atoms with E-state index in [0.717, 1.165) is 45.4 Å². The largest absolute Gasteiger partial charge is 0.431 e. The van der Waals surface area contributed by atoms with Crippen LogP contribution in [-0.2, 0) is 14.4 Å². The molecule has 0 saturated heterocycles. The first kappa shape index (κ1) is 34.3. The number of hydrogen-bond donors (Lipinski definition) is 0. The molecule has 0 radical (unpaired) electrons. The number of allylic oxidation sites excluding steroid dienone is 2. The smallest absolute Gasteiger partial charge is 0.311 e. The minimum absolute atomic E-state index is 0.127. The van der Waals surface area contributed by atoms with Crippen molar-refractivity contribution in [2.45, 2.75) is 78.1 Å². The fraction of sp³-hybridized carbons (Fsp3) is 0.542. The molecule has 1 aromatic rings. The lowest BCUT2D eigenvalue weighted by Crippen LogP contribution is -2.34. The Morgan fingerprint density at radius 3 is 2.00 bits per heavy atom. The summed E-state index contributed by atoms with van der Waals surface area (Å²) in [6, 6.07) is 3.00. The number of aldehydes is 1. The van der Waals surface area contributed by atoms with Gasteiger partial charge in [-0.15, -0.1) is 11.8 Å². The van der Waals surface area contributed by atoms with E-state index in [9.17, 15) is 31.9 Å². The SMILES string of the molecule is CC.CC(=O)/C(C)=C(\N(C)C(C)=O)C(F)(F)F.Cc1cc(SC(C=O)CC(C)C)c(Cl)cc1F. The molecule has 0 heterocycles. The molecule has 0 aromatic heterocycles. The topological polar surface area (TPSA) is 54.5 Å². The molecule has 1 unspecified atom stereocenters. The second-order valence-corrected chi connectivity index (χ2v) is 9.25. The molecule has 0 fully saturated rings. The average molecular weight is 528 g/mol. The molecule has 0 spiro atoms. The standard InChI is InChI=1S/C13H16ClFOS.C9H12F3NO2.C2H6/c1-8(2)4-10(7-16)17-13-5-9(3)12(15)6-11(13)14;1-5(6(2)14)8(9(10,11)12)13(4)7(3)15;1-2/h5-8,10H,4H2,1-3H3;1-4H3;1-2H3/b;8-5-;. The van der Waals surface area contributed by atoms with Crippen LogP contribution in [0.1, 0.15) is 60.5 Å². The first-order chi connectivity index (χ1) is 15.5. The van der Waals surface area contributed by atoms with Crippen LogP contribution in [0.3, 0.4) is 0 Å². The van der Waals surface area contributed by atoms with Crippen molar-refractivity contribution in [1.29, 1.82) is 0 Å². The van der Waals surface area contributed by atoms with Crippen LogP contribution in [0.15, 0.2) is 28.3 Å². The van der Waals surface area contributed by atoms with E-state index in [1.165, 1.54) is 17.8 Å². The number of thioether (sulfide) groups is 1. The number of aryl methyl sites for hydroxylation is 1. The van der Waals surface area contributed by atoms with Gasteiger partial charge in [0.2, 0.25) is 5.91 Å². The van der Waals surface area contributed by atoms with Crippen molar-refractivity contribution in [3.63, 3.8) is 0 Å². The molecule has 1 atom stereocenters. The molecule has 0 saturated carbocycles. The van der Waals surface area contributed by atoms with Crippen LogP contribution >= 0.6 is 23.4 Å². The van der Waals surface area contributed by atoms with E-state index in [1.807, 2.05) is 13.8 Å². The maximum Gasteiger partial charge on any atom is 0.431 e. The van der Waals surface area contributed by atoms with Gasteiger partial charge >= 0.3 is 6.18 Å². The molecule has 1 aromatic carbocycles. The van der Waals surface area contributed by atoms with Gasteiger partial charge in [-0.25, -0.2) is 4.39 Å². The second-order valence-electron chi connectivity index (χ2n) is 7.56. The first-order valence-corrected chi connectivity index (χ1v) is 11.9. The molecule has 10 heteroatoms. The summed E-state index contributed by atoms with van der Waals surface area (Å²) < 4.78 is 50.8. The number of halogens is 5. The number of benzene rings is 1. The van der Waals surface area contributed by atoms with Gasteiger partial charge in [0.1, 0.15) is 17.8 Å². The van der Waals surface area contributed by atoms with E-state index < -0.39 is 29.1 Å². The summed E-state index contributed by atoms with van der Waals surface area (Å²) >= 11 is 7.36. The minimum atomic E-state index is -4.71. The summed E-state index contributed by atoms with van der Waals surface area (Å²) in [6.07, 6.45) is -2.99. The Morgan fingerprint density at radius 2 is 1.65 bits per heavy atom. The van der Waals surface area contributed by atoms with Crippen LogP contribution in [0.2, 0.25) is 5.02 Å². The van der Waals surface area contributed by atoms with Crippen LogP contribution in [0.25, 0.3) is 0 Å². The Morgan fingerprint density at radius 1 is 1.15 bits per heavy atom. The van der Waals surface area contributed by atoms with E-state index in [0.29, 0.717) is 21.4 Å². The maximum atomic E-state index is 13.2. The average Bonchev–Trinajstić information content (AvgIpc) is 2.71. The highest BCUT2D eigenvalue weighted by Gasteiger charge is 2.40. The summed E-state index contributed by atoms with van der Waals surface area (Å²) in [5.74, 6) is -1.36. The minimum Gasteiger partial charge on any atom is -0.311 e. The third kappa shape index (κ3) is 12.0. The Labute approximate surface area is 209 Å². The van der Waals surface area contributed by atoms with Crippen LogP contribution in [0.5, 0.6) is 0 Å². The van der Waals surface area contributed by atoms with Gasteiger partial charge < -0.3 is 9.69 Å². The van der Waals surface area contributed by atoms with Gasteiger partial charge in [-0.1, -0.05) is 39.3 Å². The van der Waals surface area contributed by atoms with Gasteiger partial charge in [-0.05, 0) is 50.8 Å². The van der Waals surface area contributed by atoms with Gasteiger partial charge in [-0.3, -0.25) is 9.59 Å². The van der Waals surface area contributed by atoms with E-state index in [-0.39, 0.29) is 11.1 Å². The number of alkyl halides is 3. The van der Waals surface area contributed by atoms with Crippen LogP contribution in [0, 0.1) is 18.7 Å². The molecule has 0 aliphatic carbocycles. The monoisotopic (exact) mass is 527 g/mol. The number of carbonyl (C=O) groups excluding carboxylic acids is 3. The highest BCUT2D eigenvalue weighted by molar-refractivity contribution is 8.00. The molecule has 1 amide bonds. The number of Topliss-reactive ketones (excluding diaryl/α,β-unsaturated/α-hetero) is 1. The molecule has 0 aliphatic rings. The second kappa shape index (κ2) is 15.9. The zero-order chi connectivity index (χ0) is 27.4. The van der Waals surface area contributed by atoms with E-state index in [4.69, 9.17) is 11.6 Å². The predicted octanol–water partition coefficient (Wildman–Crippen LogP) is 7.41. The van der Waals surface area contributed by atoms with Crippen molar-refractivity contribution in [1.82, 2.24) is 4.90 Å². The van der Waals surface area contributed by atoms with Crippen molar-refractivity contribution in [3.05, 3.63) is 39.8 Å². The zero-order valence-corrected chi connectivity index (χ0v) is 22.6. The van der Waals surface area contributed by atoms with E-state index >= 15 is 0 Å². The Hall–Kier alpha value is -1.87. The van der Waals surface area contributed by atoms with E-state index in [2.05, 4.69) is 13.8 Å². The molecule has 0 N–H and O–H groups in total. The van der Waals surface area contributed by atoms with Crippen molar-refractivity contribution < 1.29 is 31.9 Å². The van der Waals surface area contributed by atoms with Crippen molar-refractivity contribution in [2.24, 2.45) is 5.92 Å². The number of rotatable bonds is 7. The lowest BCUT2D eigenvalue weighted by atomic mass is 10.1. The number of carbonyl (C=O) groups is 3. The van der Waals surface area contributed by atoms with Gasteiger partial charge in [0, 0.05) is 24.4 Å². The van der Waals surface area contributed by atoms with Crippen molar-refractivity contribution in [2.75, 3.05) is 7.05 Å². The molecular weight excluding hydrogens is 494 g/mol. The van der Waals surface area contributed by atoms with Crippen molar-refractivity contribution in [3.8, 4) is 0 Å². The lowest BCUT2D eigenvalue weighted by molar-refractivity contribution is -0.139. The lowest BCUT2D eigenvalue weighted by Gasteiger charge is -2.23. The summed E-state index contributed by atoms with van der Waals surface area (Å²) in [6.45, 7) is 12.9. The normalized spacial score (nSPS) is 12.4.